The van der Waals surface area contributed by atoms with Gasteiger partial charge in [-0.1, -0.05) is 86.6 Å². The van der Waals surface area contributed by atoms with Crippen molar-refractivity contribution >= 4 is 23.5 Å². The molecule has 4 rings (SSSR count). The molecule has 4 aromatic rings. The normalized spacial score (nSPS) is 12.2. The van der Waals surface area contributed by atoms with Crippen molar-refractivity contribution in [3.05, 3.63) is 108 Å². The van der Waals surface area contributed by atoms with Gasteiger partial charge in [0, 0.05) is 37.2 Å². The van der Waals surface area contributed by atoms with Gasteiger partial charge in [0.1, 0.15) is 23.7 Å². The van der Waals surface area contributed by atoms with E-state index in [2.05, 4.69) is 0 Å². The third-order valence-electron chi connectivity index (χ3n) is 8.07. The van der Waals surface area contributed by atoms with Gasteiger partial charge in [-0.05, 0) is 86.1 Å². The number of unbranched alkanes of at least 4 members (excludes halogenated alkanes) is 1. The Labute approximate surface area is 294 Å². The number of carbonyl (C=O) groups excluding carboxylic acids is 4. The first-order valence-electron chi connectivity index (χ1n) is 17.3. The van der Waals surface area contributed by atoms with Gasteiger partial charge in [-0.2, -0.15) is 0 Å². The van der Waals surface area contributed by atoms with Gasteiger partial charge in [0.05, 0.1) is 0 Å². The molecule has 0 heterocycles. The quantitative estimate of drug-likeness (QED) is 0.0419. The van der Waals surface area contributed by atoms with Crippen LogP contribution in [0.1, 0.15) is 86.9 Å². The Kier molecular flexibility index (Phi) is 14.6. The lowest BCUT2D eigenvalue weighted by Gasteiger charge is -2.12. The summed E-state index contributed by atoms with van der Waals surface area (Å²) in [4.78, 5) is 49.9. The second-order valence-corrected chi connectivity index (χ2v) is 12.1. The van der Waals surface area contributed by atoms with Gasteiger partial charge in [0.25, 0.3) is 0 Å². The number of esters is 2. The summed E-state index contributed by atoms with van der Waals surface area (Å²) in [5, 5.41) is 0. The Bertz CT molecular complexity index is 1560. The summed E-state index contributed by atoms with van der Waals surface area (Å²) in [6.45, 7) is 8.64. The first-order valence-corrected chi connectivity index (χ1v) is 17.3. The van der Waals surface area contributed by atoms with Gasteiger partial charge in [-0.15, -0.1) is 0 Å². The summed E-state index contributed by atoms with van der Waals surface area (Å²) >= 11 is 0. The minimum atomic E-state index is -0.482. The van der Waals surface area contributed by atoms with Crippen molar-refractivity contribution < 1.29 is 38.1 Å². The number of carbonyl (C=O) groups is 4. The molecule has 0 radical (unpaired) electrons. The Morgan fingerprint density at radius 2 is 0.780 bits per heavy atom. The summed E-state index contributed by atoms with van der Waals surface area (Å²) in [5.74, 6) is 0.0283. The maximum atomic E-state index is 12.5. The molecule has 262 valence electrons. The van der Waals surface area contributed by atoms with E-state index >= 15 is 0 Å². The highest BCUT2D eigenvalue weighted by Crippen LogP contribution is 2.25. The molecule has 4 aromatic carbocycles. The Morgan fingerprint density at radius 3 is 1.08 bits per heavy atom. The molecule has 0 fully saturated rings. The molecule has 0 spiro atoms. The van der Waals surface area contributed by atoms with Crippen LogP contribution in [0.15, 0.2) is 97.1 Å². The number of ether oxygens (including phenoxy) is 4. The van der Waals surface area contributed by atoms with Crippen molar-refractivity contribution in [1.29, 1.82) is 0 Å². The van der Waals surface area contributed by atoms with Gasteiger partial charge in [-0.25, -0.2) is 0 Å². The Hall–Kier alpha value is -4.92. The van der Waals surface area contributed by atoms with Crippen LogP contribution in [-0.2, 0) is 19.1 Å². The van der Waals surface area contributed by atoms with Crippen LogP contribution < -0.4 is 9.47 Å². The Morgan fingerprint density at radius 1 is 0.480 bits per heavy atom. The topological polar surface area (TPSA) is 105 Å². The lowest BCUT2D eigenvalue weighted by molar-refractivity contribution is -0.136. The molecule has 0 bridgehead atoms. The van der Waals surface area contributed by atoms with Crippen LogP contribution in [0.25, 0.3) is 22.3 Å². The number of hydrogen-bond acceptors (Lipinski definition) is 8. The second-order valence-electron chi connectivity index (χ2n) is 12.1. The van der Waals surface area contributed by atoms with Gasteiger partial charge < -0.3 is 18.9 Å². The molecular weight excluding hydrogens is 632 g/mol. The molecule has 0 aromatic heterocycles. The van der Waals surface area contributed by atoms with Crippen LogP contribution in [0, 0.1) is 0 Å². The maximum absolute atomic E-state index is 12.5. The predicted molar refractivity (Wildman–Crippen MR) is 194 cm³/mol. The average molecular weight is 679 g/mol. The molecule has 0 saturated carbocycles. The van der Waals surface area contributed by atoms with E-state index in [1.54, 1.807) is 62.4 Å². The van der Waals surface area contributed by atoms with Crippen molar-refractivity contribution in [3.8, 4) is 33.8 Å². The SMILES string of the molecule is CCCOC(C)C(=O)c1ccc(-c2ccc(OC(=O)CCCCC(=O)Oc3ccc(-c4ccc(C(=O)C(C)OCCC)cc4)cc3)cc2)cc1. The van der Waals surface area contributed by atoms with E-state index in [9.17, 15) is 19.2 Å². The van der Waals surface area contributed by atoms with E-state index in [0.717, 1.165) is 35.1 Å². The fourth-order valence-corrected chi connectivity index (χ4v) is 5.20. The third-order valence-corrected chi connectivity index (χ3v) is 8.07. The standard InChI is InChI=1S/C42H46O8/c1-5-27-47-29(3)41(45)35-15-11-31(12-16-35)33-19-23-37(24-20-33)49-39(43)9-7-8-10-40(44)50-38-25-21-34(22-26-38)32-13-17-36(18-14-32)42(46)30(4)48-28-6-2/h11-26,29-30H,5-10,27-28H2,1-4H3. The van der Waals surface area contributed by atoms with Crippen molar-refractivity contribution in [3.63, 3.8) is 0 Å². The van der Waals surface area contributed by atoms with E-state index in [1.165, 1.54) is 0 Å². The van der Waals surface area contributed by atoms with Crippen LogP contribution in [0.3, 0.4) is 0 Å². The van der Waals surface area contributed by atoms with Crippen molar-refractivity contribution in [1.82, 2.24) is 0 Å². The van der Waals surface area contributed by atoms with Crippen LogP contribution in [-0.4, -0.2) is 48.9 Å². The van der Waals surface area contributed by atoms with Crippen LogP contribution in [0.4, 0.5) is 0 Å². The maximum Gasteiger partial charge on any atom is 0.311 e. The van der Waals surface area contributed by atoms with Gasteiger partial charge >= 0.3 is 11.9 Å². The number of ketones is 2. The fourth-order valence-electron chi connectivity index (χ4n) is 5.20. The average Bonchev–Trinajstić information content (AvgIpc) is 3.14. The summed E-state index contributed by atoms with van der Waals surface area (Å²) in [5.41, 5.74) is 4.93. The number of benzene rings is 4. The molecule has 0 amide bonds. The van der Waals surface area contributed by atoms with Crippen LogP contribution in [0.5, 0.6) is 11.5 Å². The lowest BCUT2D eigenvalue weighted by atomic mass is 10.0. The van der Waals surface area contributed by atoms with E-state index < -0.39 is 12.2 Å². The highest BCUT2D eigenvalue weighted by Gasteiger charge is 2.17. The molecule has 0 aliphatic carbocycles. The zero-order valence-corrected chi connectivity index (χ0v) is 29.3. The molecule has 2 atom stereocenters. The summed E-state index contributed by atoms with van der Waals surface area (Å²) in [7, 11) is 0. The summed E-state index contributed by atoms with van der Waals surface area (Å²) in [6, 6.07) is 29.1. The molecule has 8 heteroatoms. The second kappa shape index (κ2) is 19.3. The molecular formula is C42H46O8. The molecule has 8 nitrogen and oxygen atoms in total. The first-order chi connectivity index (χ1) is 24.2. The molecule has 0 aliphatic heterocycles. The van der Waals surface area contributed by atoms with Gasteiger partial charge in [0.15, 0.2) is 11.6 Å². The highest BCUT2D eigenvalue weighted by molar-refractivity contribution is 6.00. The third kappa shape index (κ3) is 11.3. The number of Topliss-reactive ketones (excluding diaryl/α,β-unsaturated/α-hetero) is 2. The van der Waals surface area contributed by atoms with E-state index in [0.29, 0.717) is 48.7 Å². The van der Waals surface area contributed by atoms with E-state index in [-0.39, 0.29) is 36.3 Å². The molecule has 0 saturated heterocycles. The largest absolute Gasteiger partial charge is 0.427 e. The first kappa shape index (κ1) is 37.9. The monoisotopic (exact) mass is 678 g/mol. The van der Waals surface area contributed by atoms with Crippen molar-refractivity contribution in [2.75, 3.05) is 13.2 Å². The number of hydrogen-bond donors (Lipinski definition) is 0. The Balaban J connectivity index is 1.16. The zero-order valence-electron chi connectivity index (χ0n) is 29.3. The minimum Gasteiger partial charge on any atom is -0.427 e. The number of rotatable bonds is 19. The highest BCUT2D eigenvalue weighted by atomic mass is 16.5. The van der Waals surface area contributed by atoms with Crippen molar-refractivity contribution in [2.24, 2.45) is 0 Å². The van der Waals surface area contributed by atoms with E-state index in [1.807, 2.05) is 62.4 Å². The fraction of sp³-hybridized carbons (Fsp3) is 0.333. The van der Waals surface area contributed by atoms with Gasteiger partial charge in [-0.3, -0.25) is 19.2 Å². The van der Waals surface area contributed by atoms with Crippen LogP contribution >= 0.6 is 0 Å². The summed E-state index contributed by atoms with van der Waals surface area (Å²) < 4.78 is 22.0. The lowest BCUT2D eigenvalue weighted by Crippen LogP contribution is -2.21. The van der Waals surface area contributed by atoms with Crippen LogP contribution in [0.2, 0.25) is 0 Å². The molecule has 50 heavy (non-hydrogen) atoms. The molecule has 2 unspecified atom stereocenters. The summed E-state index contributed by atoms with van der Waals surface area (Å²) in [6.07, 6.45) is 2.07. The zero-order chi connectivity index (χ0) is 35.9. The van der Waals surface area contributed by atoms with Crippen molar-refractivity contribution in [2.45, 2.75) is 78.4 Å². The van der Waals surface area contributed by atoms with Gasteiger partial charge in [0.2, 0.25) is 0 Å². The molecule has 0 aliphatic rings. The smallest absolute Gasteiger partial charge is 0.311 e. The van der Waals surface area contributed by atoms with E-state index in [4.69, 9.17) is 18.9 Å². The molecule has 0 N–H and O–H groups in total. The predicted octanol–water partition coefficient (Wildman–Crippen LogP) is 9.09. The minimum absolute atomic E-state index is 0.0480.